The van der Waals surface area contributed by atoms with Gasteiger partial charge in [0.2, 0.25) is 0 Å². The Morgan fingerprint density at radius 2 is 2.21 bits per heavy atom. The number of nitrogens with two attached hydrogens (primary N) is 1. The van der Waals surface area contributed by atoms with E-state index in [4.69, 9.17) is 10.5 Å². The van der Waals surface area contributed by atoms with Crippen LogP contribution in [-0.2, 0) is 0 Å². The molecule has 1 heterocycles. The molecule has 2 rings (SSSR count). The highest BCUT2D eigenvalue weighted by Crippen LogP contribution is 2.30. The lowest BCUT2D eigenvalue weighted by molar-refractivity contribution is 0.0650. The van der Waals surface area contributed by atoms with Gasteiger partial charge < -0.3 is 15.4 Å². The molecule has 1 amide bonds. The van der Waals surface area contributed by atoms with E-state index in [0.29, 0.717) is 12.1 Å². The van der Waals surface area contributed by atoms with Crippen LogP contribution in [-0.4, -0.2) is 36.0 Å². The topological polar surface area (TPSA) is 55.6 Å². The van der Waals surface area contributed by atoms with Crippen LogP contribution < -0.4 is 10.5 Å². The number of methoxy groups -OCH3 is 1. The van der Waals surface area contributed by atoms with Crippen LogP contribution in [0.3, 0.4) is 0 Å². The highest BCUT2D eigenvalue weighted by molar-refractivity contribution is 5.95. The van der Waals surface area contributed by atoms with Crippen molar-refractivity contribution in [1.29, 1.82) is 0 Å². The number of nitrogens with zero attached hydrogens (tertiary/aromatic N) is 1. The van der Waals surface area contributed by atoms with Crippen LogP contribution in [0.4, 0.5) is 4.39 Å². The van der Waals surface area contributed by atoms with E-state index >= 15 is 0 Å². The Balaban J connectivity index is 2.27. The van der Waals surface area contributed by atoms with E-state index in [9.17, 15) is 9.18 Å². The van der Waals surface area contributed by atoms with Crippen LogP contribution in [0.25, 0.3) is 0 Å². The summed E-state index contributed by atoms with van der Waals surface area (Å²) >= 11 is 0. The number of halogens is 1. The maximum Gasteiger partial charge on any atom is 0.254 e. The number of carbonyl (C=O) groups is 1. The predicted molar refractivity (Wildman–Crippen MR) is 70.7 cm³/mol. The second kappa shape index (κ2) is 4.81. The van der Waals surface area contributed by atoms with Gasteiger partial charge in [-0.05, 0) is 38.5 Å². The quantitative estimate of drug-likeness (QED) is 0.887. The van der Waals surface area contributed by atoms with Gasteiger partial charge in [-0.25, -0.2) is 4.39 Å². The molecule has 1 aromatic carbocycles. The molecule has 0 aromatic heterocycles. The summed E-state index contributed by atoms with van der Waals surface area (Å²) in [5, 5.41) is 0. The van der Waals surface area contributed by atoms with Crippen molar-refractivity contribution in [3.63, 3.8) is 0 Å². The van der Waals surface area contributed by atoms with Crippen molar-refractivity contribution in [1.82, 2.24) is 4.90 Å². The fraction of sp³-hybridized carbons (Fsp3) is 0.500. The van der Waals surface area contributed by atoms with Crippen molar-refractivity contribution in [2.75, 3.05) is 13.7 Å². The van der Waals surface area contributed by atoms with E-state index in [1.54, 1.807) is 11.0 Å². The second-order valence-electron chi connectivity index (χ2n) is 5.54. The minimum absolute atomic E-state index is 0.0259. The van der Waals surface area contributed by atoms with Crippen molar-refractivity contribution in [3.05, 3.63) is 29.6 Å². The SMILES string of the molecule is COc1ccc(C(=O)N2CC(N)CC2(C)C)cc1F. The van der Waals surface area contributed by atoms with Crippen molar-refractivity contribution < 1.29 is 13.9 Å². The Hall–Kier alpha value is -1.62. The van der Waals surface area contributed by atoms with Gasteiger partial charge in [0.15, 0.2) is 11.6 Å². The lowest BCUT2D eigenvalue weighted by Gasteiger charge is -2.31. The summed E-state index contributed by atoms with van der Waals surface area (Å²) in [7, 11) is 1.39. The van der Waals surface area contributed by atoms with Crippen LogP contribution in [0, 0.1) is 5.82 Å². The molecule has 1 aliphatic heterocycles. The molecule has 2 N–H and O–H groups in total. The van der Waals surface area contributed by atoms with E-state index in [1.165, 1.54) is 19.2 Å². The molecule has 5 heteroatoms. The van der Waals surface area contributed by atoms with Gasteiger partial charge in [0.1, 0.15) is 0 Å². The fourth-order valence-electron chi connectivity index (χ4n) is 2.61. The zero-order valence-electron chi connectivity index (χ0n) is 11.4. The normalized spacial score (nSPS) is 21.5. The zero-order chi connectivity index (χ0) is 14.2. The van der Waals surface area contributed by atoms with Gasteiger partial charge in [0, 0.05) is 23.7 Å². The zero-order valence-corrected chi connectivity index (χ0v) is 11.4. The average molecular weight is 266 g/mol. The lowest BCUT2D eigenvalue weighted by atomic mass is 10.00. The van der Waals surface area contributed by atoms with Crippen LogP contribution >= 0.6 is 0 Å². The van der Waals surface area contributed by atoms with Crippen LogP contribution in [0.5, 0.6) is 5.75 Å². The molecule has 0 radical (unpaired) electrons. The number of carbonyl (C=O) groups excluding carboxylic acids is 1. The summed E-state index contributed by atoms with van der Waals surface area (Å²) in [6.07, 6.45) is 0.747. The van der Waals surface area contributed by atoms with Crippen molar-refractivity contribution in [2.24, 2.45) is 5.73 Å². The maximum atomic E-state index is 13.6. The minimum Gasteiger partial charge on any atom is -0.494 e. The van der Waals surface area contributed by atoms with Gasteiger partial charge in [-0.2, -0.15) is 0 Å². The summed E-state index contributed by atoms with van der Waals surface area (Å²) in [5.74, 6) is -0.594. The van der Waals surface area contributed by atoms with Gasteiger partial charge in [-0.1, -0.05) is 0 Å². The Morgan fingerprint density at radius 3 is 2.68 bits per heavy atom. The van der Waals surface area contributed by atoms with E-state index in [0.717, 1.165) is 6.42 Å². The van der Waals surface area contributed by atoms with Crippen molar-refractivity contribution in [2.45, 2.75) is 31.8 Å². The number of amides is 1. The minimum atomic E-state index is -0.533. The van der Waals surface area contributed by atoms with Gasteiger partial charge in [0.25, 0.3) is 5.91 Å². The first-order valence-corrected chi connectivity index (χ1v) is 6.26. The van der Waals surface area contributed by atoms with Crippen LogP contribution in [0.1, 0.15) is 30.6 Å². The number of hydrogen-bond acceptors (Lipinski definition) is 3. The average Bonchev–Trinajstić information content (AvgIpc) is 2.61. The molecule has 4 nitrogen and oxygen atoms in total. The molecule has 0 bridgehead atoms. The number of likely N-dealkylation sites (tertiary alicyclic amines) is 1. The largest absolute Gasteiger partial charge is 0.494 e. The molecule has 1 unspecified atom stereocenters. The number of rotatable bonds is 2. The van der Waals surface area contributed by atoms with E-state index in [-0.39, 0.29) is 23.2 Å². The highest BCUT2D eigenvalue weighted by Gasteiger charge is 2.40. The summed E-state index contributed by atoms with van der Waals surface area (Å²) in [5.41, 5.74) is 5.93. The molecule has 1 aromatic rings. The third-order valence-electron chi connectivity index (χ3n) is 3.55. The van der Waals surface area contributed by atoms with Gasteiger partial charge in [-0.15, -0.1) is 0 Å². The van der Waals surface area contributed by atoms with Crippen molar-refractivity contribution >= 4 is 5.91 Å². The molecular formula is C14H19FN2O2. The van der Waals surface area contributed by atoms with E-state index in [1.807, 2.05) is 13.8 Å². The Morgan fingerprint density at radius 1 is 1.53 bits per heavy atom. The number of hydrogen-bond donors (Lipinski definition) is 1. The third-order valence-corrected chi connectivity index (χ3v) is 3.55. The first kappa shape index (κ1) is 13.8. The maximum absolute atomic E-state index is 13.6. The molecule has 0 spiro atoms. The fourth-order valence-corrected chi connectivity index (χ4v) is 2.61. The van der Waals surface area contributed by atoms with Gasteiger partial charge in [-0.3, -0.25) is 4.79 Å². The predicted octanol–water partition coefficient (Wildman–Crippen LogP) is 1.79. The lowest BCUT2D eigenvalue weighted by Crippen LogP contribution is -2.42. The molecule has 1 fully saturated rings. The number of ether oxygens (including phenoxy) is 1. The van der Waals surface area contributed by atoms with Gasteiger partial charge in [0.05, 0.1) is 7.11 Å². The van der Waals surface area contributed by atoms with Crippen LogP contribution in [0.2, 0.25) is 0 Å². The highest BCUT2D eigenvalue weighted by atomic mass is 19.1. The van der Waals surface area contributed by atoms with Gasteiger partial charge >= 0.3 is 0 Å². The summed E-state index contributed by atoms with van der Waals surface area (Å²) in [4.78, 5) is 14.1. The van der Waals surface area contributed by atoms with Crippen LogP contribution in [0.15, 0.2) is 18.2 Å². The molecule has 0 aliphatic carbocycles. The molecule has 19 heavy (non-hydrogen) atoms. The third kappa shape index (κ3) is 2.56. The molecular weight excluding hydrogens is 247 g/mol. The Bertz CT molecular complexity index is 502. The summed E-state index contributed by atoms with van der Waals surface area (Å²) in [6, 6.07) is 4.22. The molecule has 1 aliphatic rings. The molecule has 1 saturated heterocycles. The standard InChI is InChI=1S/C14H19FN2O2/c1-14(2)7-10(16)8-17(14)13(18)9-4-5-12(19-3)11(15)6-9/h4-6,10H,7-8,16H2,1-3H3. The second-order valence-corrected chi connectivity index (χ2v) is 5.54. The summed E-state index contributed by atoms with van der Waals surface area (Å²) < 4.78 is 18.5. The first-order chi connectivity index (χ1) is 8.85. The summed E-state index contributed by atoms with van der Waals surface area (Å²) in [6.45, 7) is 4.44. The van der Waals surface area contributed by atoms with E-state index in [2.05, 4.69) is 0 Å². The van der Waals surface area contributed by atoms with Crippen molar-refractivity contribution in [3.8, 4) is 5.75 Å². The molecule has 1 atom stereocenters. The molecule has 104 valence electrons. The first-order valence-electron chi connectivity index (χ1n) is 6.26. The Kier molecular flexibility index (Phi) is 3.49. The Labute approximate surface area is 112 Å². The molecule has 0 saturated carbocycles. The monoisotopic (exact) mass is 266 g/mol. The number of benzene rings is 1. The smallest absolute Gasteiger partial charge is 0.254 e. The van der Waals surface area contributed by atoms with E-state index < -0.39 is 5.82 Å².